The number of anilines is 1. The van der Waals surface area contributed by atoms with Gasteiger partial charge in [0.05, 0.1) is 17.0 Å². The molecule has 0 atom stereocenters. The van der Waals surface area contributed by atoms with Crippen molar-refractivity contribution in [3.63, 3.8) is 0 Å². The summed E-state index contributed by atoms with van der Waals surface area (Å²) in [6, 6.07) is 12.2. The highest BCUT2D eigenvalue weighted by atomic mass is 16.6. The third-order valence-electron chi connectivity index (χ3n) is 3.66. The minimum atomic E-state index is -0.949. The molecule has 2 aromatic rings. The van der Waals surface area contributed by atoms with Crippen LogP contribution in [-0.2, 0) is 0 Å². The van der Waals surface area contributed by atoms with E-state index in [-0.39, 0.29) is 5.56 Å². The van der Waals surface area contributed by atoms with Crippen molar-refractivity contribution in [3.8, 4) is 11.5 Å². The van der Waals surface area contributed by atoms with Crippen LogP contribution in [0, 0.1) is 0 Å². The van der Waals surface area contributed by atoms with Crippen LogP contribution in [0.1, 0.15) is 29.3 Å². The van der Waals surface area contributed by atoms with Crippen LogP contribution in [0.3, 0.4) is 0 Å². The number of benzene rings is 2. The summed E-state index contributed by atoms with van der Waals surface area (Å²) in [7, 11) is 0. The number of aromatic carboxylic acids is 1. The molecule has 24 heavy (non-hydrogen) atoms. The van der Waals surface area contributed by atoms with Crippen LogP contribution >= 0.6 is 0 Å². The summed E-state index contributed by atoms with van der Waals surface area (Å²) < 4.78 is 11.1. The van der Waals surface area contributed by atoms with Crippen LogP contribution in [0.4, 0.5) is 5.69 Å². The van der Waals surface area contributed by atoms with E-state index in [0.29, 0.717) is 13.2 Å². The molecule has 0 amide bonds. The van der Waals surface area contributed by atoms with E-state index in [1.807, 2.05) is 25.1 Å². The fraction of sp³-hybridized carbons (Fsp3) is 0.222. The number of nitrogens with zero attached hydrogens (tertiary/aromatic N) is 1. The van der Waals surface area contributed by atoms with E-state index in [1.54, 1.807) is 12.1 Å². The Labute approximate surface area is 139 Å². The fourth-order valence-corrected chi connectivity index (χ4v) is 2.39. The van der Waals surface area contributed by atoms with E-state index in [2.05, 4.69) is 10.5 Å². The van der Waals surface area contributed by atoms with Crippen LogP contribution in [0.5, 0.6) is 11.5 Å². The van der Waals surface area contributed by atoms with Gasteiger partial charge in [-0.15, -0.1) is 0 Å². The quantitative estimate of drug-likeness (QED) is 0.650. The first-order chi connectivity index (χ1) is 11.7. The molecule has 2 N–H and O–H groups in total. The molecule has 2 aromatic carbocycles. The molecular formula is C18H18N2O4. The number of carbonyl (C=O) groups is 1. The molecule has 0 aromatic heterocycles. The number of carboxylic acid groups (broad SMARTS) is 1. The highest BCUT2D eigenvalue weighted by Crippen LogP contribution is 2.31. The number of hydrogen-bond donors (Lipinski definition) is 2. The predicted molar refractivity (Wildman–Crippen MR) is 91.3 cm³/mol. The van der Waals surface area contributed by atoms with Gasteiger partial charge in [0.25, 0.3) is 0 Å². The monoisotopic (exact) mass is 326 g/mol. The maximum absolute atomic E-state index is 10.9. The van der Waals surface area contributed by atoms with E-state index in [9.17, 15) is 4.79 Å². The van der Waals surface area contributed by atoms with Gasteiger partial charge in [-0.25, -0.2) is 4.79 Å². The first kappa shape index (κ1) is 15.9. The molecule has 0 unspecified atom stereocenters. The number of hydrazone groups is 1. The average molecular weight is 326 g/mol. The normalized spacial score (nSPS) is 13.5. The Kier molecular flexibility index (Phi) is 4.65. The molecule has 1 aliphatic heterocycles. The third-order valence-corrected chi connectivity index (χ3v) is 3.66. The highest BCUT2D eigenvalue weighted by Gasteiger charge is 2.13. The first-order valence-corrected chi connectivity index (χ1v) is 7.73. The van der Waals surface area contributed by atoms with Crippen molar-refractivity contribution < 1.29 is 19.4 Å². The van der Waals surface area contributed by atoms with Gasteiger partial charge in [0.2, 0.25) is 0 Å². The number of nitrogens with one attached hydrogen (secondary N) is 1. The topological polar surface area (TPSA) is 80.2 Å². The molecule has 124 valence electrons. The first-order valence-electron chi connectivity index (χ1n) is 7.73. The van der Waals surface area contributed by atoms with Gasteiger partial charge in [0.1, 0.15) is 13.2 Å². The third kappa shape index (κ3) is 3.48. The van der Waals surface area contributed by atoms with Crippen LogP contribution in [-0.4, -0.2) is 30.0 Å². The van der Waals surface area contributed by atoms with Crippen molar-refractivity contribution in [2.24, 2.45) is 5.10 Å². The Morgan fingerprint density at radius 3 is 2.42 bits per heavy atom. The fourth-order valence-electron chi connectivity index (χ4n) is 2.39. The highest BCUT2D eigenvalue weighted by molar-refractivity contribution is 6.01. The molecule has 0 spiro atoms. The van der Waals surface area contributed by atoms with Gasteiger partial charge < -0.3 is 14.6 Å². The smallest absolute Gasteiger partial charge is 0.335 e. The number of rotatable bonds is 5. The maximum Gasteiger partial charge on any atom is 0.335 e. The van der Waals surface area contributed by atoms with Crippen LogP contribution in [0.2, 0.25) is 0 Å². The van der Waals surface area contributed by atoms with Crippen LogP contribution in [0.25, 0.3) is 0 Å². The van der Waals surface area contributed by atoms with Crippen molar-refractivity contribution in [1.29, 1.82) is 0 Å². The lowest BCUT2D eigenvalue weighted by molar-refractivity contribution is 0.0697. The summed E-state index contributed by atoms with van der Waals surface area (Å²) in [5.41, 5.74) is 5.76. The van der Waals surface area contributed by atoms with Gasteiger partial charge in [-0.1, -0.05) is 6.92 Å². The summed E-state index contributed by atoms with van der Waals surface area (Å²) in [5.74, 6) is 0.527. The molecular weight excluding hydrogens is 308 g/mol. The number of carboxylic acids is 1. The zero-order valence-corrected chi connectivity index (χ0v) is 13.3. The van der Waals surface area contributed by atoms with Gasteiger partial charge >= 0.3 is 5.97 Å². The van der Waals surface area contributed by atoms with E-state index < -0.39 is 5.97 Å². The van der Waals surface area contributed by atoms with Crippen molar-refractivity contribution >= 4 is 17.4 Å². The minimum Gasteiger partial charge on any atom is -0.486 e. The molecule has 0 aliphatic carbocycles. The number of fused-ring (bicyclic) bond motifs is 1. The molecule has 0 saturated heterocycles. The molecule has 0 bridgehead atoms. The van der Waals surface area contributed by atoms with Gasteiger partial charge in [0.15, 0.2) is 11.5 Å². The second-order valence-corrected chi connectivity index (χ2v) is 5.26. The van der Waals surface area contributed by atoms with Crippen molar-refractivity contribution in [1.82, 2.24) is 0 Å². The summed E-state index contributed by atoms with van der Waals surface area (Å²) in [5, 5.41) is 13.3. The molecule has 1 heterocycles. The van der Waals surface area contributed by atoms with E-state index in [4.69, 9.17) is 14.6 Å². The zero-order chi connectivity index (χ0) is 16.9. The van der Waals surface area contributed by atoms with Crippen LogP contribution in [0.15, 0.2) is 47.6 Å². The Bertz CT molecular complexity index is 769. The van der Waals surface area contributed by atoms with Gasteiger partial charge in [0, 0.05) is 5.56 Å². The van der Waals surface area contributed by atoms with E-state index in [0.717, 1.165) is 34.9 Å². The molecule has 3 rings (SSSR count). The largest absolute Gasteiger partial charge is 0.486 e. The lowest BCUT2D eigenvalue weighted by atomic mass is 10.1. The minimum absolute atomic E-state index is 0.243. The number of ether oxygens (including phenoxy) is 2. The maximum atomic E-state index is 10.9. The molecule has 1 aliphatic rings. The molecule has 0 fully saturated rings. The van der Waals surface area contributed by atoms with Crippen molar-refractivity contribution in [2.45, 2.75) is 13.3 Å². The Morgan fingerprint density at radius 2 is 1.75 bits per heavy atom. The lowest BCUT2D eigenvalue weighted by Gasteiger charge is -2.19. The summed E-state index contributed by atoms with van der Waals surface area (Å²) >= 11 is 0. The van der Waals surface area contributed by atoms with Gasteiger partial charge in [-0.3, -0.25) is 5.43 Å². The number of hydrogen-bond acceptors (Lipinski definition) is 5. The van der Waals surface area contributed by atoms with Gasteiger partial charge in [-0.2, -0.15) is 5.10 Å². The molecule has 0 saturated carbocycles. The summed E-state index contributed by atoms with van der Waals surface area (Å²) in [6.07, 6.45) is 0.736. The lowest BCUT2D eigenvalue weighted by Crippen LogP contribution is -2.16. The second kappa shape index (κ2) is 7.04. The van der Waals surface area contributed by atoms with Crippen LogP contribution < -0.4 is 14.9 Å². The van der Waals surface area contributed by atoms with Crippen molar-refractivity contribution in [3.05, 3.63) is 53.6 Å². The summed E-state index contributed by atoms with van der Waals surface area (Å²) in [6.45, 7) is 3.13. The SMILES string of the molecule is CCC(=NNc1ccc(C(=O)O)cc1)c1ccc2c(c1)OCCO2. The van der Waals surface area contributed by atoms with Gasteiger partial charge in [-0.05, 0) is 48.9 Å². The second-order valence-electron chi connectivity index (χ2n) is 5.26. The summed E-state index contributed by atoms with van der Waals surface area (Å²) in [4.78, 5) is 10.9. The molecule has 6 nitrogen and oxygen atoms in total. The van der Waals surface area contributed by atoms with E-state index in [1.165, 1.54) is 12.1 Å². The predicted octanol–water partition coefficient (Wildman–Crippen LogP) is 3.38. The van der Waals surface area contributed by atoms with Crippen molar-refractivity contribution in [2.75, 3.05) is 18.6 Å². The van der Waals surface area contributed by atoms with E-state index >= 15 is 0 Å². The zero-order valence-electron chi connectivity index (χ0n) is 13.3. The Morgan fingerprint density at radius 1 is 1.08 bits per heavy atom. The average Bonchev–Trinajstić information content (AvgIpc) is 2.62. The standard InChI is InChI=1S/C18H18N2O4/c1-2-15(13-5-8-16-17(11-13)24-10-9-23-16)20-19-14-6-3-12(4-7-14)18(21)22/h3-8,11,19H,2,9-10H2,1H3,(H,21,22). The molecule has 0 radical (unpaired) electrons. The Balaban J connectivity index is 1.78. The molecule has 6 heteroatoms. The Hall–Kier alpha value is -3.02.